The fourth-order valence-corrected chi connectivity index (χ4v) is 4.24. The van der Waals surface area contributed by atoms with Crippen LogP contribution in [-0.4, -0.2) is 30.4 Å². The molecule has 0 fully saturated rings. The first-order valence-electron chi connectivity index (χ1n) is 9.83. The van der Waals surface area contributed by atoms with Crippen molar-refractivity contribution in [2.24, 2.45) is 7.05 Å². The van der Waals surface area contributed by atoms with Crippen LogP contribution in [0.1, 0.15) is 10.4 Å². The molecule has 1 amide bonds. The van der Waals surface area contributed by atoms with Crippen LogP contribution in [0.3, 0.4) is 0 Å². The molecule has 0 aliphatic carbocycles. The molecule has 3 aromatic carbocycles. The molecule has 33 heavy (non-hydrogen) atoms. The van der Waals surface area contributed by atoms with Crippen LogP contribution in [0.15, 0.2) is 77.8 Å². The summed E-state index contributed by atoms with van der Waals surface area (Å²) in [6.07, 6.45) is 2.87. The van der Waals surface area contributed by atoms with Crippen LogP contribution >= 0.6 is 11.6 Å². The predicted octanol–water partition coefficient (Wildman–Crippen LogP) is 5.20. The van der Waals surface area contributed by atoms with Gasteiger partial charge in [0.1, 0.15) is 5.82 Å². The molecule has 0 aliphatic rings. The fourth-order valence-electron chi connectivity index (χ4n) is 3.38. The maximum Gasteiger partial charge on any atom is 0.256 e. The van der Waals surface area contributed by atoms with Gasteiger partial charge in [-0.2, -0.15) is 5.10 Å². The number of amides is 1. The van der Waals surface area contributed by atoms with Crippen LogP contribution in [0.2, 0.25) is 5.02 Å². The summed E-state index contributed by atoms with van der Waals surface area (Å²) < 4.78 is 39.2. The number of nitrogens with zero attached hydrogens (tertiary/aromatic N) is 2. The maximum atomic E-state index is 13.4. The summed E-state index contributed by atoms with van der Waals surface area (Å²) >= 11 is 6.32. The van der Waals surface area contributed by atoms with E-state index in [2.05, 4.69) is 10.4 Å². The van der Waals surface area contributed by atoms with E-state index in [4.69, 9.17) is 11.6 Å². The van der Waals surface area contributed by atoms with E-state index in [-0.39, 0.29) is 10.5 Å². The lowest BCUT2D eigenvalue weighted by Gasteiger charge is -2.13. The van der Waals surface area contributed by atoms with E-state index in [0.29, 0.717) is 33.1 Å². The van der Waals surface area contributed by atoms with Crippen LogP contribution in [0.25, 0.3) is 22.4 Å². The molecule has 4 aromatic rings. The average molecular weight is 484 g/mol. The standard InChI is InChI=1S/C24H19ClFN3O3S/c1-29-12-11-23(28-29)21-13-17(7-10-22(21)25)27-24(30)19-9-8-18(33(2,31)32)14-20(19)15-3-5-16(26)6-4-15/h3-14H,1-2H3,(H,27,30). The molecule has 0 aliphatic heterocycles. The van der Waals surface area contributed by atoms with Gasteiger partial charge in [0.2, 0.25) is 0 Å². The third-order valence-electron chi connectivity index (χ3n) is 5.03. The highest BCUT2D eigenvalue weighted by Gasteiger charge is 2.18. The summed E-state index contributed by atoms with van der Waals surface area (Å²) in [5.41, 5.74) is 2.92. The number of aromatic nitrogens is 2. The van der Waals surface area contributed by atoms with E-state index < -0.39 is 21.6 Å². The van der Waals surface area contributed by atoms with Crippen molar-refractivity contribution in [2.75, 3.05) is 11.6 Å². The monoisotopic (exact) mass is 483 g/mol. The van der Waals surface area contributed by atoms with Crippen molar-refractivity contribution < 1.29 is 17.6 Å². The molecule has 0 radical (unpaired) electrons. The van der Waals surface area contributed by atoms with Crippen molar-refractivity contribution >= 4 is 33.0 Å². The Balaban J connectivity index is 1.73. The maximum absolute atomic E-state index is 13.4. The first-order valence-corrected chi connectivity index (χ1v) is 12.1. The van der Waals surface area contributed by atoms with E-state index in [9.17, 15) is 17.6 Å². The molecular weight excluding hydrogens is 465 g/mol. The molecule has 0 bridgehead atoms. The summed E-state index contributed by atoms with van der Waals surface area (Å²) in [5.74, 6) is -0.893. The minimum Gasteiger partial charge on any atom is -0.322 e. The second-order valence-corrected chi connectivity index (χ2v) is 9.93. The number of carbonyl (C=O) groups excluding carboxylic acids is 1. The molecule has 0 unspecified atom stereocenters. The topological polar surface area (TPSA) is 81.1 Å². The SMILES string of the molecule is Cn1ccc(-c2cc(NC(=O)c3ccc(S(C)(=O)=O)cc3-c3ccc(F)cc3)ccc2Cl)n1. The molecule has 0 saturated carbocycles. The van der Waals surface area contributed by atoms with Gasteiger partial charge >= 0.3 is 0 Å². The van der Waals surface area contributed by atoms with Crippen molar-refractivity contribution in [2.45, 2.75) is 4.90 Å². The molecule has 1 aromatic heterocycles. The van der Waals surface area contributed by atoms with Crippen molar-refractivity contribution in [3.63, 3.8) is 0 Å². The Morgan fingerprint density at radius 3 is 2.36 bits per heavy atom. The molecule has 0 saturated heterocycles. The van der Waals surface area contributed by atoms with Gasteiger partial charge in [-0.15, -0.1) is 0 Å². The summed E-state index contributed by atoms with van der Waals surface area (Å²) in [6.45, 7) is 0. The van der Waals surface area contributed by atoms with Crippen LogP contribution in [0.4, 0.5) is 10.1 Å². The number of aryl methyl sites for hydroxylation is 1. The third kappa shape index (κ3) is 4.97. The molecule has 1 N–H and O–H groups in total. The molecule has 168 valence electrons. The number of benzene rings is 3. The highest BCUT2D eigenvalue weighted by molar-refractivity contribution is 7.90. The van der Waals surface area contributed by atoms with Crippen LogP contribution in [-0.2, 0) is 16.9 Å². The van der Waals surface area contributed by atoms with Crippen molar-refractivity contribution in [1.82, 2.24) is 9.78 Å². The molecule has 6 nitrogen and oxygen atoms in total. The smallest absolute Gasteiger partial charge is 0.256 e. The third-order valence-corrected chi connectivity index (χ3v) is 6.47. The average Bonchev–Trinajstić information content (AvgIpc) is 3.20. The molecule has 9 heteroatoms. The van der Waals surface area contributed by atoms with Gasteiger partial charge in [0.15, 0.2) is 9.84 Å². The van der Waals surface area contributed by atoms with E-state index in [0.717, 1.165) is 6.26 Å². The Morgan fingerprint density at radius 2 is 1.73 bits per heavy atom. The summed E-state index contributed by atoms with van der Waals surface area (Å²) in [6, 6.07) is 16.6. The van der Waals surface area contributed by atoms with E-state index in [1.54, 1.807) is 36.1 Å². The summed E-state index contributed by atoms with van der Waals surface area (Å²) in [4.78, 5) is 13.2. The van der Waals surface area contributed by atoms with Gasteiger partial charge in [-0.1, -0.05) is 23.7 Å². The summed E-state index contributed by atoms with van der Waals surface area (Å²) in [7, 11) is -1.72. The number of hydrogen-bond donors (Lipinski definition) is 1. The number of carbonyl (C=O) groups is 1. The zero-order valence-corrected chi connectivity index (χ0v) is 19.3. The fraction of sp³-hybridized carbons (Fsp3) is 0.0833. The number of sulfone groups is 1. The zero-order chi connectivity index (χ0) is 23.8. The normalized spacial score (nSPS) is 11.4. The van der Waals surface area contributed by atoms with Crippen LogP contribution in [0, 0.1) is 5.82 Å². The quantitative estimate of drug-likeness (QED) is 0.423. The van der Waals surface area contributed by atoms with E-state index >= 15 is 0 Å². The highest BCUT2D eigenvalue weighted by Crippen LogP contribution is 2.31. The summed E-state index contributed by atoms with van der Waals surface area (Å²) in [5, 5.41) is 7.65. The number of rotatable bonds is 5. The Morgan fingerprint density at radius 1 is 1.00 bits per heavy atom. The van der Waals surface area contributed by atoms with Gasteiger partial charge in [0.05, 0.1) is 15.6 Å². The van der Waals surface area contributed by atoms with Crippen molar-refractivity contribution in [3.8, 4) is 22.4 Å². The lowest BCUT2D eigenvalue weighted by Crippen LogP contribution is -2.14. The predicted molar refractivity (Wildman–Crippen MR) is 127 cm³/mol. The highest BCUT2D eigenvalue weighted by atomic mass is 35.5. The Kier molecular flexibility index (Phi) is 6.05. The van der Waals surface area contributed by atoms with Crippen molar-refractivity contribution in [1.29, 1.82) is 0 Å². The first-order chi connectivity index (χ1) is 15.6. The van der Waals surface area contributed by atoms with E-state index in [1.807, 2.05) is 6.07 Å². The Hall–Kier alpha value is -3.49. The number of hydrogen-bond acceptors (Lipinski definition) is 4. The zero-order valence-electron chi connectivity index (χ0n) is 17.7. The first kappa shape index (κ1) is 22.7. The second-order valence-electron chi connectivity index (χ2n) is 7.51. The van der Waals surface area contributed by atoms with Gasteiger partial charge in [-0.3, -0.25) is 9.48 Å². The molecule has 0 atom stereocenters. The molecule has 0 spiro atoms. The Labute approximate surface area is 195 Å². The minimum atomic E-state index is -3.51. The van der Waals surface area contributed by atoms with Gasteiger partial charge in [-0.05, 0) is 65.7 Å². The van der Waals surface area contributed by atoms with Gasteiger partial charge in [0.25, 0.3) is 5.91 Å². The molecule has 4 rings (SSSR count). The Bertz CT molecular complexity index is 1460. The number of nitrogens with one attached hydrogen (secondary N) is 1. The molecular formula is C24H19ClFN3O3S. The van der Waals surface area contributed by atoms with Crippen LogP contribution in [0.5, 0.6) is 0 Å². The largest absolute Gasteiger partial charge is 0.322 e. The number of anilines is 1. The van der Waals surface area contributed by atoms with Crippen LogP contribution < -0.4 is 5.32 Å². The van der Waals surface area contributed by atoms with Gasteiger partial charge < -0.3 is 5.32 Å². The van der Waals surface area contributed by atoms with Crippen molar-refractivity contribution in [3.05, 3.63) is 89.3 Å². The lowest BCUT2D eigenvalue weighted by atomic mass is 9.99. The number of halogens is 2. The van der Waals surface area contributed by atoms with Gasteiger partial charge in [-0.25, -0.2) is 12.8 Å². The molecule has 1 heterocycles. The minimum absolute atomic E-state index is 0.0577. The van der Waals surface area contributed by atoms with E-state index in [1.165, 1.54) is 42.5 Å². The second kappa shape index (κ2) is 8.80. The van der Waals surface area contributed by atoms with Gasteiger partial charge in [0, 0.05) is 36.3 Å². The lowest BCUT2D eigenvalue weighted by molar-refractivity contribution is 0.102.